The highest BCUT2D eigenvalue weighted by molar-refractivity contribution is 5.94. The topological polar surface area (TPSA) is 47.3 Å². The molecule has 2 heterocycles. The van der Waals surface area contributed by atoms with Crippen molar-refractivity contribution in [3.63, 3.8) is 0 Å². The SMILES string of the molecule is CC(=O)c1ccc(-c2cc(C(F)(F)F)n3ccnc3n2)cc1. The van der Waals surface area contributed by atoms with Crippen molar-refractivity contribution in [2.45, 2.75) is 13.1 Å². The maximum absolute atomic E-state index is 13.1. The van der Waals surface area contributed by atoms with Crippen LogP contribution in [0.3, 0.4) is 0 Å². The molecule has 0 saturated carbocycles. The molecule has 1 aromatic carbocycles. The summed E-state index contributed by atoms with van der Waals surface area (Å²) < 4.78 is 40.3. The van der Waals surface area contributed by atoms with E-state index in [9.17, 15) is 18.0 Å². The molecule has 112 valence electrons. The van der Waals surface area contributed by atoms with Crippen molar-refractivity contribution in [1.29, 1.82) is 0 Å². The van der Waals surface area contributed by atoms with Crippen molar-refractivity contribution in [3.8, 4) is 11.3 Å². The van der Waals surface area contributed by atoms with Crippen LogP contribution in [0.5, 0.6) is 0 Å². The first-order valence-electron chi connectivity index (χ1n) is 6.39. The minimum absolute atomic E-state index is 0.0273. The predicted molar refractivity (Wildman–Crippen MR) is 73.4 cm³/mol. The first kappa shape index (κ1) is 14.2. The number of imidazole rings is 1. The third-order valence-electron chi connectivity index (χ3n) is 3.25. The zero-order chi connectivity index (χ0) is 15.9. The smallest absolute Gasteiger partial charge is 0.295 e. The predicted octanol–water partition coefficient (Wildman–Crippen LogP) is 3.62. The molecule has 0 amide bonds. The van der Waals surface area contributed by atoms with Crippen molar-refractivity contribution in [1.82, 2.24) is 14.4 Å². The second-order valence-corrected chi connectivity index (χ2v) is 4.76. The van der Waals surface area contributed by atoms with Gasteiger partial charge in [-0.25, -0.2) is 9.97 Å². The van der Waals surface area contributed by atoms with Gasteiger partial charge < -0.3 is 0 Å². The molecule has 7 heteroatoms. The van der Waals surface area contributed by atoms with Crippen LogP contribution in [-0.4, -0.2) is 20.2 Å². The fourth-order valence-electron chi connectivity index (χ4n) is 2.15. The number of Topliss-reactive ketones (excluding diaryl/α,β-unsaturated/α-hetero) is 1. The van der Waals surface area contributed by atoms with Gasteiger partial charge in [0.15, 0.2) is 5.78 Å². The Hall–Kier alpha value is -2.70. The van der Waals surface area contributed by atoms with Crippen LogP contribution in [0.1, 0.15) is 23.0 Å². The van der Waals surface area contributed by atoms with Gasteiger partial charge in [-0.1, -0.05) is 24.3 Å². The van der Waals surface area contributed by atoms with E-state index in [0.29, 0.717) is 11.1 Å². The van der Waals surface area contributed by atoms with Gasteiger partial charge in [-0.3, -0.25) is 9.20 Å². The second kappa shape index (κ2) is 4.94. The molecule has 0 saturated heterocycles. The lowest BCUT2D eigenvalue weighted by atomic mass is 10.1. The van der Waals surface area contributed by atoms with Crippen LogP contribution >= 0.6 is 0 Å². The lowest BCUT2D eigenvalue weighted by Crippen LogP contribution is -2.12. The molecule has 2 aromatic heterocycles. The van der Waals surface area contributed by atoms with E-state index in [2.05, 4.69) is 9.97 Å². The number of alkyl halides is 3. The summed E-state index contributed by atoms with van der Waals surface area (Å²) in [5.74, 6) is -0.139. The summed E-state index contributed by atoms with van der Waals surface area (Å²) >= 11 is 0. The molecule has 3 aromatic rings. The Bertz CT molecular complexity index is 851. The molecule has 4 nitrogen and oxygen atoms in total. The van der Waals surface area contributed by atoms with Crippen LogP contribution in [0.4, 0.5) is 13.2 Å². The number of ketones is 1. The van der Waals surface area contributed by atoms with Crippen LogP contribution in [-0.2, 0) is 6.18 Å². The number of nitrogens with zero attached hydrogens (tertiary/aromatic N) is 3. The Morgan fingerprint density at radius 2 is 1.86 bits per heavy atom. The fourth-order valence-corrected chi connectivity index (χ4v) is 2.15. The number of hydrogen-bond acceptors (Lipinski definition) is 3. The maximum Gasteiger partial charge on any atom is 0.431 e. The van der Waals surface area contributed by atoms with Crippen LogP contribution in [0.25, 0.3) is 17.0 Å². The van der Waals surface area contributed by atoms with Crippen molar-refractivity contribution >= 4 is 11.6 Å². The van der Waals surface area contributed by atoms with E-state index in [1.165, 1.54) is 19.3 Å². The highest BCUT2D eigenvalue weighted by Crippen LogP contribution is 2.32. The van der Waals surface area contributed by atoms with Gasteiger partial charge in [0.2, 0.25) is 5.78 Å². The van der Waals surface area contributed by atoms with E-state index >= 15 is 0 Å². The van der Waals surface area contributed by atoms with Gasteiger partial charge >= 0.3 is 6.18 Å². The van der Waals surface area contributed by atoms with E-state index in [0.717, 1.165) is 10.5 Å². The van der Waals surface area contributed by atoms with Gasteiger partial charge in [0.25, 0.3) is 0 Å². The zero-order valence-corrected chi connectivity index (χ0v) is 11.4. The quantitative estimate of drug-likeness (QED) is 0.679. The minimum atomic E-state index is -4.52. The lowest BCUT2D eigenvalue weighted by molar-refractivity contribution is -0.142. The Labute approximate surface area is 123 Å². The minimum Gasteiger partial charge on any atom is -0.295 e. The molecular formula is C15H10F3N3O. The molecule has 3 rings (SSSR count). The summed E-state index contributed by atoms with van der Waals surface area (Å²) in [6.07, 6.45) is -2.04. The molecule has 0 atom stereocenters. The lowest BCUT2D eigenvalue weighted by Gasteiger charge is -2.11. The molecule has 0 unspecified atom stereocenters. The summed E-state index contributed by atoms with van der Waals surface area (Å²) in [4.78, 5) is 19.2. The largest absolute Gasteiger partial charge is 0.431 e. The Morgan fingerprint density at radius 3 is 2.45 bits per heavy atom. The Balaban J connectivity index is 2.16. The number of rotatable bonds is 2. The van der Waals surface area contributed by atoms with Gasteiger partial charge in [-0.15, -0.1) is 0 Å². The molecule has 0 fully saturated rings. The molecule has 0 bridgehead atoms. The number of halogens is 3. The summed E-state index contributed by atoms with van der Waals surface area (Å²) in [6.45, 7) is 1.42. The van der Waals surface area contributed by atoms with Crippen LogP contribution in [0, 0.1) is 0 Å². The highest BCUT2D eigenvalue weighted by atomic mass is 19.4. The zero-order valence-electron chi connectivity index (χ0n) is 11.4. The second-order valence-electron chi connectivity index (χ2n) is 4.76. The molecule has 22 heavy (non-hydrogen) atoms. The number of benzene rings is 1. The number of hydrogen-bond donors (Lipinski definition) is 0. The van der Waals surface area contributed by atoms with Gasteiger partial charge in [0, 0.05) is 23.5 Å². The summed E-state index contributed by atoms with van der Waals surface area (Å²) in [7, 11) is 0. The average molecular weight is 305 g/mol. The summed E-state index contributed by atoms with van der Waals surface area (Å²) in [6, 6.07) is 7.22. The monoisotopic (exact) mass is 305 g/mol. The third kappa shape index (κ3) is 2.45. The van der Waals surface area contributed by atoms with E-state index in [-0.39, 0.29) is 17.3 Å². The van der Waals surface area contributed by atoms with Crippen LogP contribution < -0.4 is 0 Å². The average Bonchev–Trinajstić information content (AvgIpc) is 2.93. The van der Waals surface area contributed by atoms with Gasteiger partial charge in [-0.2, -0.15) is 13.2 Å². The first-order chi connectivity index (χ1) is 10.4. The number of carbonyl (C=O) groups excluding carboxylic acids is 1. The normalized spacial score (nSPS) is 11.8. The van der Waals surface area contributed by atoms with E-state index in [1.807, 2.05) is 0 Å². The molecule has 0 aliphatic rings. The molecule has 0 spiro atoms. The third-order valence-corrected chi connectivity index (χ3v) is 3.25. The van der Waals surface area contributed by atoms with Gasteiger partial charge in [-0.05, 0) is 13.0 Å². The summed E-state index contributed by atoms with van der Waals surface area (Å²) in [5, 5.41) is 0. The number of carbonyl (C=O) groups is 1. The standard InChI is InChI=1S/C15H10F3N3O/c1-9(22)10-2-4-11(5-3-10)12-8-13(15(16,17)18)21-7-6-19-14(21)20-12/h2-8H,1H3. The van der Waals surface area contributed by atoms with Crippen molar-refractivity contribution in [2.75, 3.05) is 0 Å². The molecular weight excluding hydrogens is 295 g/mol. The highest BCUT2D eigenvalue weighted by Gasteiger charge is 2.34. The van der Waals surface area contributed by atoms with Gasteiger partial charge in [0.05, 0.1) is 5.69 Å². The Kier molecular flexibility index (Phi) is 3.20. The van der Waals surface area contributed by atoms with Crippen molar-refractivity contribution in [3.05, 3.63) is 54.0 Å². The van der Waals surface area contributed by atoms with E-state index < -0.39 is 11.9 Å². The fraction of sp³-hybridized carbons (Fsp3) is 0.133. The molecule has 0 aliphatic heterocycles. The Morgan fingerprint density at radius 1 is 1.18 bits per heavy atom. The van der Waals surface area contributed by atoms with Crippen LogP contribution in [0.15, 0.2) is 42.7 Å². The van der Waals surface area contributed by atoms with E-state index in [4.69, 9.17) is 0 Å². The van der Waals surface area contributed by atoms with E-state index in [1.54, 1.807) is 24.3 Å². The first-order valence-corrected chi connectivity index (χ1v) is 6.39. The molecule has 0 radical (unpaired) electrons. The molecule has 0 aliphatic carbocycles. The maximum atomic E-state index is 13.1. The van der Waals surface area contributed by atoms with Crippen LogP contribution in [0.2, 0.25) is 0 Å². The molecule has 0 N–H and O–H groups in total. The van der Waals surface area contributed by atoms with Gasteiger partial charge in [0.1, 0.15) is 5.69 Å². The van der Waals surface area contributed by atoms with Crippen molar-refractivity contribution in [2.24, 2.45) is 0 Å². The summed E-state index contributed by atoms with van der Waals surface area (Å²) in [5.41, 5.74) is 0.282. The number of aromatic nitrogens is 3. The number of fused-ring (bicyclic) bond motifs is 1. The van der Waals surface area contributed by atoms with Crippen molar-refractivity contribution < 1.29 is 18.0 Å².